The molecule has 1 amide bonds. The first-order valence-electron chi connectivity index (χ1n) is 6.26. The smallest absolute Gasteiger partial charge is 0.290 e. The van der Waals surface area contributed by atoms with Gasteiger partial charge in [0, 0.05) is 19.5 Å². The maximum Gasteiger partial charge on any atom is 0.290 e. The zero-order valence-electron chi connectivity index (χ0n) is 10.4. The number of hydrogen-bond acceptors (Lipinski definition) is 3. The van der Waals surface area contributed by atoms with E-state index in [1.54, 1.807) is 18.0 Å². The molecule has 0 radical (unpaired) electrons. The van der Waals surface area contributed by atoms with Gasteiger partial charge in [-0.05, 0) is 34.8 Å². The van der Waals surface area contributed by atoms with E-state index in [0.29, 0.717) is 16.8 Å². The third-order valence-corrected chi connectivity index (χ3v) is 4.16. The van der Waals surface area contributed by atoms with E-state index in [1.165, 1.54) is 6.26 Å². The van der Waals surface area contributed by atoms with E-state index < -0.39 is 0 Å². The fourth-order valence-corrected chi connectivity index (χ4v) is 2.83. The average molecular weight is 316 g/mol. The first kappa shape index (κ1) is 13.6. The highest BCUT2D eigenvalue weighted by Gasteiger charge is 2.27. The number of rotatable bonds is 3. The summed E-state index contributed by atoms with van der Waals surface area (Å²) in [6, 6.07) is 1.70. The van der Waals surface area contributed by atoms with Crippen molar-refractivity contribution in [2.24, 2.45) is 5.92 Å². The summed E-state index contributed by atoms with van der Waals surface area (Å²) in [5.74, 6) is 0.355. The Morgan fingerprint density at radius 3 is 2.89 bits per heavy atom. The van der Waals surface area contributed by atoms with Gasteiger partial charge in [0.25, 0.3) is 5.91 Å². The molecule has 0 aliphatic heterocycles. The average Bonchev–Trinajstić information content (AvgIpc) is 2.77. The fraction of sp³-hybridized carbons (Fsp3) is 0.615. The molecule has 0 spiro atoms. The van der Waals surface area contributed by atoms with Gasteiger partial charge in [0.15, 0.2) is 0 Å². The number of aliphatic hydroxyl groups excluding tert-OH is 1. The summed E-state index contributed by atoms with van der Waals surface area (Å²) < 4.78 is 5.83. The van der Waals surface area contributed by atoms with Crippen molar-refractivity contribution in [3.63, 3.8) is 0 Å². The second-order valence-electron chi connectivity index (χ2n) is 4.90. The molecule has 2 atom stereocenters. The van der Waals surface area contributed by atoms with Crippen molar-refractivity contribution in [1.29, 1.82) is 0 Å². The molecule has 5 heteroatoms. The van der Waals surface area contributed by atoms with Gasteiger partial charge in [0.05, 0.1) is 16.8 Å². The van der Waals surface area contributed by atoms with Gasteiger partial charge in [-0.3, -0.25) is 4.79 Å². The molecule has 0 aromatic carbocycles. The van der Waals surface area contributed by atoms with Crippen LogP contribution in [0.1, 0.15) is 36.2 Å². The van der Waals surface area contributed by atoms with Crippen molar-refractivity contribution in [2.45, 2.75) is 31.8 Å². The summed E-state index contributed by atoms with van der Waals surface area (Å²) in [5, 5.41) is 9.91. The lowest BCUT2D eigenvalue weighted by molar-refractivity contribution is 0.0437. The number of carbonyl (C=O) groups is 1. The number of furan rings is 1. The number of nitrogens with zero attached hydrogens (tertiary/aromatic N) is 1. The molecular formula is C13H18BrNO3. The SMILES string of the molecule is CN(CC1CCCCC1O)C(=O)c1occc1Br. The molecule has 1 aromatic heterocycles. The Bertz CT molecular complexity index is 418. The molecule has 1 aliphatic carbocycles. The largest absolute Gasteiger partial charge is 0.458 e. The molecule has 4 nitrogen and oxygen atoms in total. The van der Waals surface area contributed by atoms with Gasteiger partial charge in [0.2, 0.25) is 5.76 Å². The topological polar surface area (TPSA) is 53.7 Å². The Morgan fingerprint density at radius 2 is 2.28 bits per heavy atom. The zero-order valence-corrected chi connectivity index (χ0v) is 12.0. The van der Waals surface area contributed by atoms with E-state index in [-0.39, 0.29) is 17.9 Å². The highest BCUT2D eigenvalue weighted by atomic mass is 79.9. The Morgan fingerprint density at radius 1 is 1.56 bits per heavy atom. The summed E-state index contributed by atoms with van der Waals surface area (Å²) in [4.78, 5) is 13.8. The Labute approximate surface area is 115 Å². The van der Waals surface area contributed by atoms with Gasteiger partial charge >= 0.3 is 0 Å². The van der Waals surface area contributed by atoms with Gasteiger partial charge in [-0.25, -0.2) is 0 Å². The molecule has 0 saturated heterocycles. The van der Waals surface area contributed by atoms with Gasteiger partial charge in [0.1, 0.15) is 0 Å². The molecule has 2 rings (SSSR count). The van der Waals surface area contributed by atoms with Crippen molar-refractivity contribution < 1.29 is 14.3 Å². The molecular weight excluding hydrogens is 298 g/mol. The molecule has 2 unspecified atom stereocenters. The van der Waals surface area contributed by atoms with Gasteiger partial charge in [-0.1, -0.05) is 12.8 Å². The van der Waals surface area contributed by atoms with Crippen LogP contribution in [0.5, 0.6) is 0 Å². The predicted octanol–water partition coefficient (Wildman–Crippen LogP) is 2.67. The lowest BCUT2D eigenvalue weighted by Gasteiger charge is -2.30. The van der Waals surface area contributed by atoms with E-state index in [4.69, 9.17) is 4.42 Å². The van der Waals surface area contributed by atoms with Crippen LogP contribution in [0.4, 0.5) is 0 Å². The molecule has 1 heterocycles. The highest BCUT2D eigenvalue weighted by Crippen LogP contribution is 2.26. The van der Waals surface area contributed by atoms with Crippen LogP contribution in [0.25, 0.3) is 0 Å². The normalized spacial score (nSPS) is 23.9. The molecule has 1 N–H and O–H groups in total. The summed E-state index contributed by atoms with van der Waals surface area (Å²) >= 11 is 3.28. The van der Waals surface area contributed by atoms with Crippen LogP contribution in [-0.4, -0.2) is 35.6 Å². The minimum atomic E-state index is -0.283. The molecule has 0 bridgehead atoms. The summed E-state index contributed by atoms with van der Waals surface area (Å²) in [7, 11) is 1.75. The molecule has 1 saturated carbocycles. The Kier molecular flexibility index (Phi) is 4.45. The van der Waals surface area contributed by atoms with Gasteiger partial charge < -0.3 is 14.4 Å². The Balaban J connectivity index is 1.97. The first-order valence-corrected chi connectivity index (χ1v) is 7.05. The van der Waals surface area contributed by atoms with E-state index in [2.05, 4.69) is 15.9 Å². The minimum Gasteiger partial charge on any atom is -0.458 e. The highest BCUT2D eigenvalue weighted by molar-refractivity contribution is 9.10. The van der Waals surface area contributed by atoms with Gasteiger partial charge in [-0.15, -0.1) is 0 Å². The lowest BCUT2D eigenvalue weighted by atomic mass is 9.86. The quantitative estimate of drug-likeness (QED) is 0.933. The van der Waals surface area contributed by atoms with Crippen molar-refractivity contribution in [1.82, 2.24) is 4.90 Å². The number of carbonyl (C=O) groups excluding carboxylic acids is 1. The van der Waals surface area contributed by atoms with Crippen molar-refractivity contribution in [3.8, 4) is 0 Å². The Hall–Kier alpha value is -0.810. The maximum atomic E-state index is 12.1. The van der Waals surface area contributed by atoms with Crippen LogP contribution in [-0.2, 0) is 0 Å². The lowest BCUT2D eigenvalue weighted by Crippen LogP contribution is -2.38. The summed E-state index contributed by atoms with van der Waals surface area (Å²) in [5.41, 5.74) is 0. The van der Waals surface area contributed by atoms with Gasteiger partial charge in [-0.2, -0.15) is 0 Å². The molecule has 18 heavy (non-hydrogen) atoms. The van der Waals surface area contributed by atoms with E-state index in [0.717, 1.165) is 25.7 Å². The fourth-order valence-electron chi connectivity index (χ4n) is 2.46. The number of halogens is 1. The molecule has 1 aromatic rings. The predicted molar refractivity (Wildman–Crippen MR) is 71.3 cm³/mol. The molecule has 1 aliphatic rings. The third-order valence-electron chi connectivity index (χ3n) is 3.54. The molecule has 100 valence electrons. The van der Waals surface area contributed by atoms with E-state index >= 15 is 0 Å². The number of amides is 1. The summed E-state index contributed by atoms with van der Waals surface area (Å²) in [6.07, 6.45) is 5.25. The van der Waals surface area contributed by atoms with Crippen LogP contribution in [0.3, 0.4) is 0 Å². The standard InChI is InChI=1S/C13H18BrNO3/c1-15(8-9-4-2-3-5-11(9)16)13(17)12-10(14)6-7-18-12/h6-7,9,11,16H,2-5,8H2,1H3. The van der Waals surface area contributed by atoms with Crippen LogP contribution >= 0.6 is 15.9 Å². The van der Waals surface area contributed by atoms with Crippen LogP contribution in [0.15, 0.2) is 21.2 Å². The number of hydrogen-bond donors (Lipinski definition) is 1. The van der Waals surface area contributed by atoms with Crippen LogP contribution < -0.4 is 0 Å². The monoisotopic (exact) mass is 315 g/mol. The van der Waals surface area contributed by atoms with Crippen molar-refractivity contribution in [2.75, 3.05) is 13.6 Å². The van der Waals surface area contributed by atoms with Crippen LogP contribution in [0, 0.1) is 5.92 Å². The van der Waals surface area contributed by atoms with Crippen molar-refractivity contribution in [3.05, 3.63) is 22.6 Å². The van der Waals surface area contributed by atoms with E-state index in [1.807, 2.05) is 0 Å². The minimum absolute atomic E-state index is 0.148. The number of aliphatic hydroxyl groups is 1. The third kappa shape index (κ3) is 2.95. The second-order valence-corrected chi connectivity index (χ2v) is 5.75. The van der Waals surface area contributed by atoms with Crippen molar-refractivity contribution >= 4 is 21.8 Å². The van der Waals surface area contributed by atoms with Crippen LogP contribution in [0.2, 0.25) is 0 Å². The second kappa shape index (κ2) is 5.89. The van der Waals surface area contributed by atoms with E-state index in [9.17, 15) is 9.90 Å². The maximum absolute atomic E-state index is 12.1. The first-order chi connectivity index (χ1) is 8.59. The summed E-state index contributed by atoms with van der Waals surface area (Å²) in [6.45, 7) is 0.577. The molecule has 1 fully saturated rings. The zero-order chi connectivity index (χ0) is 13.1.